The van der Waals surface area contributed by atoms with Gasteiger partial charge in [-0.3, -0.25) is 9.48 Å². The van der Waals surface area contributed by atoms with Gasteiger partial charge in [-0.25, -0.2) is 0 Å². The van der Waals surface area contributed by atoms with Gasteiger partial charge in [0.05, 0.1) is 46.8 Å². The van der Waals surface area contributed by atoms with Crippen molar-refractivity contribution in [3.05, 3.63) is 38.7 Å². The number of aryl methyl sites for hydroxylation is 2. The van der Waals surface area contributed by atoms with Gasteiger partial charge in [-0.1, -0.05) is 0 Å². The normalized spacial score (nSPS) is 10.6. The Morgan fingerprint density at radius 1 is 1.57 bits per heavy atom. The van der Waals surface area contributed by atoms with Crippen LogP contribution in [0.25, 0.3) is 0 Å². The molecular formula is C11H13BrN6O3. The molecule has 112 valence electrons. The Labute approximate surface area is 128 Å². The first-order chi connectivity index (χ1) is 9.97. The molecule has 2 aromatic heterocycles. The van der Waals surface area contributed by atoms with Crippen LogP contribution in [-0.4, -0.2) is 30.4 Å². The van der Waals surface area contributed by atoms with Gasteiger partial charge < -0.3 is 15.4 Å². The van der Waals surface area contributed by atoms with Gasteiger partial charge in [0.2, 0.25) is 5.91 Å². The van der Waals surface area contributed by atoms with Gasteiger partial charge in [0.15, 0.2) is 0 Å². The fraction of sp³-hybridized carbons (Fsp3) is 0.364. The van der Waals surface area contributed by atoms with Crippen LogP contribution >= 0.6 is 15.9 Å². The first kappa shape index (κ1) is 15.2. The molecule has 10 heteroatoms. The third-order valence-electron chi connectivity index (χ3n) is 2.85. The molecule has 1 N–H and O–H groups in total. The molecule has 0 aromatic carbocycles. The molecule has 2 heterocycles. The van der Waals surface area contributed by atoms with Crippen LogP contribution in [0.5, 0.6) is 0 Å². The third kappa shape index (κ3) is 3.88. The highest BCUT2D eigenvalue weighted by Gasteiger charge is 2.12. The quantitative estimate of drug-likeness (QED) is 0.613. The first-order valence-electron chi connectivity index (χ1n) is 6.08. The minimum atomic E-state index is -0.573. The maximum Gasteiger partial charge on any atom is 0.389 e. The minimum absolute atomic E-state index is 0.166. The van der Waals surface area contributed by atoms with E-state index in [0.29, 0.717) is 6.54 Å². The van der Waals surface area contributed by atoms with E-state index in [-0.39, 0.29) is 24.7 Å². The Balaban J connectivity index is 1.81. The van der Waals surface area contributed by atoms with Gasteiger partial charge in [0.1, 0.15) is 0 Å². The maximum absolute atomic E-state index is 11.7. The molecule has 1 amide bonds. The zero-order valence-corrected chi connectivity index (χ0v) is 12.8. The summed E-state index contributed by atoms with van der Waals surface area (Å²) in [6.07, 6.45) is 3.32. The molecule has 0 saturated carbocycles. The molecule has 0 aliphatic heterocycles. The Kier molecular flexibility index (Phi) is 4.68. The Morgan fingerprint density at radius 3 is 2.90 bits per heavy atom. The van der Waals surface area contributed by atoms with Crippen molar-refractivity contribution in [1.29, 1.82) is 0 Å². The number of amides is 1. The summed E-state index contributed by atoms with van der Waals surface area (Å²) in [4.78, 5) is 21.7. The molecular weight excluding hydrogens is 344 g/mol. The number of nitrogens with one attached hydrogen (secondary N) is 1. The molecule has 21 heavy (non-hydrogen) atoms. The molecule has 0 unspecified atom stereocenters. The van der Waals surface area contributed by atoms with E-state index in [0.717, 1.165) is 10.2 Å². The van der Waals surface area contributed by atoms with Crippen LogP contribution in [0.1, 0.15) is 12.1 Å². The summed E-state index contributed by atoms with van der Waals surface area (Å²) in [5, 5.41) is 21.0. The maximum atomic E-state index is 11.7. The van der Waals surface area contributed by atoms with Crippen LogP contribution in [0.4, 0.5) is 5.82 Å². The second kappa shape index (κ2) is 6.48. The molecule has 0 aliphatic carbocycles. The van der Waals surface area contributed by atoms with E-state index in [1.807, 2.05) is 0 Å². The molecule has 2 rings (SSSR count). The fourth-order valence-corrected chi connectivity index (χ4v) is 2.18. The van der Waals surface area contributed by atoms with Gasteiger partial charge in [0, 0.05) is 13.5 Å². The molecule has 0 aliphatic rings. The SMILES string of the molecule is Cn1ncc(Br)c1CNC(=O)CCn1ccc([N+](=O)[O-])n1. The third-order valence-corrected chi connectivity index (χ3v) is 3.51. The van der Waals surface area contributed by atoms with Crippen LogP contribution < -0.4 is 5.32 Å². The number of halogens is 1. The van der Waals surface area contributed by atoms with Crippen LogP contribution in [0.15, 0.2) is 22.9 Å². The van der Waals surface area contributed by atoms with Crippen molar-refractivity contribution in [2.45, 2.75) is 19.5 Å². The van der Waals surface area contributed by atoms with E-state index in [2.05, 4.69) is 31.4 Å². The Morgan fingerprint density at radius 2 is 2.33 bits per heavy atom. The number of rotatable bonds is 6. The lowest BCUT2D eigenvalue weighted by molar-refractivity contribution is -0.389. The van der Waals surface area contributed by atoms with Crippen molar-refractivity contribution in [2.24, 2.45) is 7.05 Å². The average Bonchev–Trinajstić information content (AvgIpc) is 3.03. The van der Waals surface area contributed by atoms with Crippen LogP contribution in [0, 0.1) is 10.1 Å². The number of hydrogen-bond donors (Lipinski definition) is 1. The predicted molar refractivity (Wildman–Crippen MR) is 76.3 cm³/mol. The number of nitrogens with zero attached hydrogens (tertiary/aromatic N) is 5. The number of nitro groups is 1. The standard InChI is InChI=1S/C11H13BrN6O3/c1-16-9(8(12)6-14-16)7-13-11(19)3-5-17-4-2-10(15-17)18(20)21/h2,4,6H,3,5,7H2,1H3,(H,13,19). The van der Waals surface area contributed by atoms with Crippen molar-refractivity contribution in [3.8, 4) is 0 Å². The molecule has 0 saturated heterocycles. The smallest absolute Gasteiger partial charge is 0.358 e. The summed E-state index contributed by atoms with van der Waals surface area (Å²) >= 11 is 3.35. The van der Waals surface area contributed by atoms with E-state index in [1.165, 1.54) is 16.9 Å². The van der Waals surface area contributed by atoms with Crippen LogP contribution in [0.3, 0.4) is 0 Å². The van der Waals surface area contributed by atoms with Crippen LogP contribution in [-0.2, 0) is 24.9 Å². The van der Waals surface area contributed by atoms with E-state index >= 15 is 0 Å². The summed E-state index contributed by atoms with van der Waals surface area (Å²) in [7, 11) is 1.79. The summed E-state index contributed by atoms with van der Waals surface area (Å²) < 4.78 is 3.87. The topological polar surface area (TPSA) is 108 Å². The highest BCUT2D eigenvalue weighted by atomic mass is 79.9. The zero-order valence-electron chi connectivity index (χ0n) is 11.2. The lowest BCUT2D eigenvalue weighted by Gasteiger charge is -2.05. The molecule has 0 atom stereocenters. The first-order valence-corrected chi connectivity index (χ1v) is 6.87. The fourth-order valence-electron chi connectivity index (χ4n) is 1.69. The van der Waals surface area contributed by atoms with Gasteiger partial charge in [-0.05, 0) is 20.9 Å². The lowest BCUT2D eigenvalue weighted by Crippen LogP contribution is -2.25. The molecule has 9 nitrogen and oxygen atoms in total. The zero-order chi connectivity index (χ0) is 15.4. The highest BCUT2D eigenvalue weighted by molar-refractivity contribution is 9.10. The highest BCUT2D eigenvalue weighted by Crippen LogP contribution is 2.14. The summed E-state index contributed by atoms with van der Waals surface area (Å²) in [5.41, 5.74) is 0.859. The largest absolute Gasteiger partial charge is 0.389 e. The Hall–Kier alpha value is -2.23. The van der Waals surface area contributed by atoms with Gasteiger partial charge in [0.25, 0.3) is 0 Å². The van der Waals surface area contributed by atoms with E-state index < -0.39 is 4.92 Å². The summed E-state index contributed by atoms with van der Waals surface area (Å²) in [5.74, 6) is -0.393. The average molecular weight is 357 g/mol. The van der Waals surface area contributed by atoms with Crippen molar-refractivity contribution in [1.82, 2.24) is 24.9 Å². The molecule has 2 aromatic rings. The summed E-state index contributed by atoms with van der Waals surface area (Å²) in [6.45, 7) is 0.640. The number of hydrogen-bond acceptors (Lipinski definition) is 5. The van der Waals surface area contributed by atoms with E-state index in [1.54, 1.807) is 17.9 Å². The Bertz CT molecular complexity index is 645. The van der Waals surface area contributed by atoms with Gasteiger partial charge >= 0.3 is 5.82 Å². The van der Waals surface area contributed by atoms with Crippen LogP contribution in [0.2, 0.25) is 0 Å². The van der Waals surface area contributed by atoms with Crippen molar-refractivity contribution >= 4 is 27.7 Å². The molecule has 0 fully saturated rings. The molecule has 0 bridgehead atoms. The van der Waals surface area contributed by atoms with Crippen molar-refractivity contribution in [3.63, 3.8) is 0 Å². The number of aromatic nitrogens is 4. The number of carbonyl (C=O) groups is 1. The van der Waals surface area contributed by atoms with E-state index in [9.17, 15) is 14.9 Å². The predicted octanol–water partition coefficient (Wildman–Crippen LogP) is 0.994. The van der Waals surface area contributed by atoms with Crippen molar-refractivity contribution < 1.29 is 9.72 Å². The monoisotopic (exact) mass is 356 g/mol. The second-order valence-electron chi connectivity index (χ2n) is 4.28. The lowest BCUT2D eigenvalue weighted by atomic mass is 10.3. The van der Waals surface area contributed by atoms with Crippen molar-refractivity contribution in [2.75, 3.05) is 0 Å². The van der Waals surface area contributed by atoms with Gasteiger partial charge in [-0.2, -0.15) is 9.78 Å². The number of carbonyl (C=O) groups excluding carboxylic acids is 1. The van der Waals surface area contributed by atoms with Gasteiger partial charge in [-0.15, -0.1) is 0 Å². The molecule has 0 radical (unpaired) electrons. The summed E-state index contributed by atoms with van der Waals surface area (Å²) in [6, 6.07) is 1.30. The minimum Gasteiger partial charge on any atom is -0.358 e. The van der Waals surface area contributed by atoms with E-state index in [4.69, 9.17) is 0 Å². The second-order valence-corrected chi connectivity index (χ2v) is 5.14. The molecule has 0 spiro atoms.